The maximum Gasteiger partial charge on any atom is 0.326 e. The minimum absolute atomic E-state index is 0.0772. The fourth-order valence-corrected chi connectivity index (χ4v) is 1.33. The SMILES string of the molecule is CCNC(=O)CN(CC)C(=O)NC(CC)C(=O)O. The molecule has 3 N–H and O–H groups in total. The van der Waals surface area contributed by atoms with Gasteiger partial charge < -0.3 is 20.6 Å². The molecule has 0 spiro atoms. The molecule has 3 amide bonds. The first-order valence-corrected chi connectivity index (χ1v) is 6.01. The number of likely N-dealkylation sites (N-methyl/N-ethyl adjacent to an activating group) is 2. The number of urea groups is 1. The lowest BCUT2D eigenvalue weighted by atomic mass is 10.2. The number of aliphatic carboxylic acids is 1. The summed E-state index contributed by atoms with van der Waals surface area (Å²) in [6, 6.07) is -1.47. The van der Waals surface area contributed by atoms with Crippen LogP contribution in [-0.2, 0) is 9.59 Å². The summed E-state index contributed by atoms with van der Waals surface area (Å²) in [7, 11) is 0. The lowest BCUT2D eigenvalue weighted by Gasteiger charge is -2.22. The molecule has 7 heteroatoms. The number of rotatable bonds is 7. The first kappa shape index (κ1) is 16.2. The zero-order valence-electron chi connectivity index (χ0n) is 11.0. The summed E-state index contributed by atoms with van der Waals surface area (Å²) in [4.78, 5) is 35.2. The number of nitrogens with zero attached hydrogens (tertiary/aromatic N) is 1. The van der Waals surface area contributed by atoms with Crippen molar-refractivity contribution in [2.45, 2.75) is 33.2 Å². The maximum atomic E-state index is 11.8. The van der Waals surface area contributed by atoms with Crippen LogP contribution < -0.4 is 10.6 Å². The highest BCUT2D eigenvalue weighted by Gasteiger charge is 2.21. The summed E-state index contributed by atoms with van der Waals surface area (Å²) in [6.45, 7) is 5.92. The minimum Gasteiger partial charge on any atom is -0.480 e. The standard InChI is InChI=1S/C11H21N3O4/c1-4-8(10(16)17)13-11(18)14(6-3)7-9(15)12-5-2/h8H,4-7H2,1-3H3,(H,12,15)(H,13,18)(H,16,17). The molecule has 18 heavy (non-hydrogen) atoms. The van der Waals surface area contributed by atoms with Crippen molar-refractivity contribution in [2.75, 3.05) is 19.6 Å². The van der Waals surface area contributed by atoms with Gasteiger partial charge in [0.15, 0.2) is 0 Å². The molecule has 0 aromatic heterocycles. The van der Waals surface area contributed by atoms with Crippen LogP contribution in [0.1, 0.15) is 27.2 Å². The van der Waals surface area contributed by atoms with E-state index in [0.717, 1.165) is 0 Å². The van der Waals surface area contributed by atoms with Crippen molar-refractivity contribution in [2.24, 2.45) is 0 Å². The van der Waals surface area contributed by atoms with Crippen LogP contribution in [0.5, 0.6) is 0 Å². The smallest absolute Gasteiger partial charge is 0.326 e. The number of carboxylic acid groups (broad SMARTS) is 1. The zero-order chi connectivity index (χ0) is 14.1. The Balaban J connectivity index is 4.42. The van der Waals surface area contributed by atoms with E-state index in [9.17, 15) is 14.4 Å². The average molecular weight is 259 g/mol. The Bertz CT molecular complexity index is 307. The molecule has 0 aromatic carbocycles. The zero-order valence-corrected chi connectivity index (χ0v) is 11.0. The Morgan fingerprint density at radius 2 is 1.83 bits per heavy atom. The fourth-order valence-electron chi connectivity index (χ4n) is 1.33. The Morgan fingerprint density at radius 3 is 2.22 bits per heavy atom. The summed E-state index contributed by atoms with van der Waals surface area (Å²) in [5, 5.41) is 13.8. The Hall–Kier alpha value is -1.79. The van der Waals surface area contributed by atoms with Crippen molar-refractivity contribution in [3.63, 3.8) is 0 Å². The number of nitrogens with one attached hydrogen (secondary N) is 2. The molecule has 0 aliphatic carbocycles. The second-order valence-corrected chi connectivity index (χ2v) is 3.72. The average Bonchev–Trinajstić information content (AvgIpc) is 2.32. The first-order chi connectivity index (χ1) is 8.46. The van der Waals surface area contributed by atoms with Gasteiger partial charge in [-0.05, 0) is 20.3 Å². The van der Waals surface area contributed by atoms with Gasteiger partial charge in [0.25, 0.3) is 0 Å². The molecule has 0 aliphatic heterocycles. The predicted molar refractivity (Wildman–Crippen MR) is 66.2 cm³/mol. The molecule has 0 rings (SSSR count). The summed E-state index contributed by atoms with van der Waals surface area (Å²) < 4.78 is 0. The van der Waals surface area contributed by atoms with Gasteiger partial charge in [0.1, 0.15) is 12.6 Å². The fraction of sp³-hybridized carbons (Fsp3) is 0.727. The minimum atomic E-state index is -1.08. The normalized spacial score (nSPS) is 11.5. The Labute approximate surface area is 107 Å². The van der Waals surface area contributed by atoms with E-state index < -0.39 is 18.0 Å². The van der Waals surface area contributed by atoms with Crippen LogP contribution in [0.2, 0.25) is 0 Å². The second kappa shape index (κ2) is 8.32. The molecule has 7 nitrogen and oxygen atoms in total. The summed E-state index contributed by atoms with van der Waals surface area (Å²) in [6.07, 6.45) is 0.291. The molecule has 0 aliphatic rings. The lowest BCUT2D eigenvalue weighted by Crippen LogP contribution is -2.50. The second-order valence-electron chi connectivity index (χ2n) is 3.72. The molecule has 1 unspecified atom stereocenters. The van der Waals surface area contributed by atoms with Crippen molar-refractivity contribution in [1.82, 2.24) is 15.5 Å². The van der Waals surface area contributed by atoms with Gasteiger partial charge in [0.05, 0.1) is 0 Å². The van der Waals surface area contributed by atoms with Crippen LogP contribution in [0.3, 0.4) is 0 Å². The monoisotopic (exact) mass is 259 g/mol. The number of amides is 3. The largest absolute Gasteiger partial charge is 0.480 e. The van der Waals surface area contributed by atoms with E-state index in [1.54, 1.807) is 20.8 Å². The van der Waals surface area contributed by atoms with Gasteiger partial charge in [-0.1, -0.05) is 6.92 Å². The predicted octanol–water partition coefficient (Wildman–Crippen LogP) is 0.0172. The van der Waals surface area contributed by atoms with E-state index in [1.165, 1.54) is 4.90 Å². The van der Waals surface area contributed by atoms with Gasteiger partial charge in [-0.3, -0.25) is 4.79 Å². The highest BCUT2D eigenvalue weighted by Crippen LogP contribution is 1.95. The molecular formula is C11H21N3O4. The molecule has 0 saturated heterocycles. The van der Waals surface area contributed by atoms with Gasteiger partial charge in [-0.15, -0.1) is 0 Å². The van der Waals surface area contributed by atoms with E-state index in [1.807, 2.05) is 0 Å². The van der Waals surface area contributed by atoms with E-state index in [-0.39, 0.29) is 12.5 Å². The highest BCUT2D eigenvalue weighted by atomic mass is 16.4. The maximum absolute atomic E-state index is 11.8. The topological polar surface area (TPSA) is 98.7 Å². The van der Waals surface area contributed by atoms with Crippen LogP contribution in [0.15, 0.2) is 0 Å². The number of hydrogen-bond acceptors (Lipinski definition) is 3. The number of carbonyl (C=O) groups is 3. The van der Waals surface area contributed by atoms with Crippen molar-refractivity contribution >= 4 is 17.9 Å². The van der Waals surface area contributed by atoms with Crippen LogP contribution in [0, 0.1) is 0 Å². The molecule has 0 heterocycles. The summed E-state index contributed by atoms with van der Waals surface area (Å²) >= 11 is 0. The lowest BCUT2D eigenvalue weighted by molar-refractivity contribution is -0.139. The first-order valence-electron chi connectivity index (χ1n) is 6.01. The molecule has 0 aromatic rings. The van der Waals surface area contributed by atoms with Gasteiger partial charge in [0, 0.05) is 13.1 Å². The third kappa shape index (κ3) is 5.51. The van der Waals surface area contributed by atoms with E-state index in [0.29, 0.717) is 19.5 Å². The van der Waals surface area contributed by atoms with Crippen LogP contribution in [0.25, 0.3) is 0 Å². The van der Waals surface area contributed by atoms with Crippen molar-refractivity contribution in [1.29, 1.82) is 0 Å². The molecule has 1 atom stereocenters. The third-order valence-corrected chi connectivity index (χ3v) is 2.38. The highest BCUT2D eigenvalue weighted by molar-refractivity contribution is 5.86. The van der Waals surface area contributed by atoms with Gasteiger partial charge in [-0.25, -0.2) is 9.59 Å². The van der Waals surface area contributed by atoms with Gasteiger partial charge >= 0.3 is 12.0 Å². The summed E-state index contributed by atoms with van der Waals surface area (Å²) in [5.74, 6) is -1.35. The van der Waals surface area contributed by atoms with E-state index >= 15 is 0 Å². The molecule has 0 saturated carbocycles. The Kier molecular flexibility index (Phi) is 7.50. The van der Waals surface area contributed by atoms with Crippen molar-refractivity contribution in [3.8, 4) is 0 Å². The quantitative estimate of drug-likeness (QED) is 0.600. The van der Waals surface area contributed by atoms with Crippen LogP contribution in [-0.4, -0.2) is 53.6 Å². The number of carboxylic acids is 1. The molecule has 0 bridgehead atoms. The van der Waals surface area contributed by atoms with Crippen molar-refractivity contribution in [3.05, 3.63) is 0 Å². The molecule has 0 radical (unpaired) electrons. The van der Waals surface area contributed by atoms with E-state index in [4.69, 9.17) is 5.11 Å². The van der Waals surface area contributed by atoms with Crippen molar-refractivity contribution < 1.29 is 19.5 Å². The molecule has 0 fully saturated rings. The van der Waals surface area contributed by atoms with E-state index in [2.05, 4.69) is 10.6 Å². The Morgan fingerprint density at radius 1 is 1.22 bits per heavy atom. The third-order valence-electron chi connectivity index (χ3n) is 2.38. The number of carbonyl (C=O) groups excluding carboxylic acids is 2. The molecular weight excluding hydrogens is 238 g/mol. The van der Waals surface area contributed by atoms with Gasteiger partial charge in [0.2, 0.25) is 5.91 Å². The number of hydrogen-bond donors (Lipinski definition) is 3. The molecule has 104 valence electrons. The van der Waals surface area contributed by atoms with Crippen LogP contribution >= 0.6 is 0 Å². The van der Waals surface area contributed by atoms with Crippen LogP contribution in [0.4, 0.5) is 4.79 Å². The summed E-state index contributed by atoms with van der Waals surface area (Å²) in [5.41, 5.74) is 0. The van der Waals surface area contributed by atoms with Gasteiger partial charge in [-0.2, -0.15) is 0 Å².